The third-order valence-electron chi connectivity index (χ3n) is 5.21. The van der Waals surface area contributed by atoms with Crippen molar-refractivity contribution in [2.75, 3.05) is 11.9 Å². The highest BCUT2D eigenvalue weighted by atomic mass is 35.5. The van der Waals surface area contributed by atoms with Crippen molar-refractivity contribution in [3.63, 3.8) is 0 Å². The van der Waals surface area contributed by atoms with Crippen LogP contribution in [0.1, 0.15) is 33.0 Å². The lowest BCUT2D eigenvalue weighted by Gasteiger charge is -2.13. The summed E-state index contributed by atoms with van der Waals surface area (Å²) in [6.45, 7) is -0.491. The molecule has 0 radical (unpaired) electrons. The van der Waals surface area contributed by atoms with E-state index in [2.05, 4.69) is 5.32 Å². The predicted molar refractivity (Wildman–Crippen MR) is 115 cm³/mol. The Hall–Kier alpha value is -2.24. The van der Waals surface area contributed by atoms with Crippen molar-refractivity contribution >= 4 is 52.3 Å². The van der Waals surface area contributed by atoms with Crippen LogP contribution in [0, 0.1) is 18.7 Å². The minimum atomic E-state index is -4.99. The quantitative estimate of drug-likeness (QED) is 0.316. The fraction of sp³-hybridized carbons (Fsp3) is 0.333. The molecule has 0 spiro atoms. The zero-order chi connectivity index (χ0) is 26.5. The highest BCUT2D eigenvalue weighted by Crippen LogP contribution is 2.65. The predicted octanol–water partition coefficient (Wildman–Crippen LogP) is 6.62. The van der Waals surface area contributed by atoms with Crippen molar-refractivity contribution in [3.05, 3.63) is 63.4 Å². The maximum Gasteiger partial charge on any atom is 0.419 e. The molecule has 0 saturated heterocycles. The summed E-state index contributed by atoms with van der Waals surface area (Å²) in [6, 6.07) is 5.04. The molecule has 0 heterocycles. The van der Waals surface area contributed by atoms with E-state index in [0.29, 0.717) is 6.07 Å². The number of rotatable bonds is 5. The number of anilines is 1. The van der Waals surface area contributed by atoms with E-state index in [1.807, 2.05) is 0 Å². The normalized spacial score (nSPS) is 19.3. The van der Waals surface area contributed by atoms with Crippen LogP contribution in [0.3, 0.4) is 0 Å². The van der Waals surface area contributed by atoms with E-state index in [1.54, 1.807) is 5.32 Å². The van der Waals surface area contributed by atoms with Gasteiger partial charge in [0.25, 0.3) is 5.91 Å². The van der Waals surface area contributed by atoms with E-state index in [4.69, 9.17) is 34.8 Å². The van der Waals surface area contributed by atoms with Gasteiger partial charge in [0.05, 0.1) is 22.1 Å². The lowest BCUT2D eigenvalue weighted by Crippen LogP contribution is -2.33. The Morgan fingerprint density at radius 3 is 2.26 bits per heavy atom. The summed E-state index contributed by atoms with van der Waals surface area (Å²) in [5.41, 5.74) is -2.39. The first-order valence-corrected chi connectivity index (χ1v) is 10.8. The highest BCUT2D eigenvalue weighted by molar-refractivity contribution is 6.53. The Morgan fingerprint density at radius 2 is 1.69 bits per heavy atom. The number of aryl methyl sites for hydroxylation is 1. The molecular formula is C21H14Cl3F7N2O2. The number of hydrogen-bond donors (Lipinski definition) is 2. The second-order valence-electron chi connectivity index (χ2n) is 7.81. The number of amides is 2. The second-order valence-corrected chi connectivity index (χ2v) is 9.66. The second kappa shape index (κ2) is 9.33. The van der Waals surface area contributed by atoms with E-state index in [0.717, 1.165) is 25.1 Å². The Bertz CT molecular complexity index is 1180. The van der Waals surface area contributed by atoms with E-state index in [-0.39, 0.29) is 27.4 Å². The summed E-state index contributed by atoms with van der Waals surface area (Å²) >= 11 is 18.2. The van der Waals surface area contributed by atoms with Gasteiger partial charge in [0.2, 0.25) is 5.91 Å². The number of alkyl halides is 8. The van der Waals surface area contributed by atoms with Gasteiger partial charge in [-0.15, -0.1) is 23.2 Å². The van der Waals surface area contributed by atoms with Gasteiger partial charge >= 0.3 is 12.4 Å². The minimum absolute atomic E-state index is 0.0578. The van der Waals surface area contributed by atoms with Crippen molar-refractivity contribution in [1.29, 1.82) is 0 Å². The smallest absolute Gasteiger partial charge is 0.343 e. The molecule has 4 nitrogen and oxygen atoms in total. The molecule has 0 aliphatic heterocycles. The summed E-state index contributed by atoms with van der Waals surface area (Å²) in [6.07, 6.45) is -9.66. The van der Waals surface area contributed by atoms with E-state index < -0.39 is 58.3 Å². The van der Waals surface area contributed by atoms with Crippen LogP contribution in [-0.4, -0.2) is 28.9 Å². The summed E-state index contributed by atoms with van der Waals surface area (Å²) < 4.78 is 88.8. The molecule has 0 aromatic heterocycles. The number of nitrogens with one attached hydrogen (secondary N) is 2. The fourth-order valence-corrected chi connectivity index (χ4v) is 4.56. The van der Waals surface area contributed by atoms with Gasteiger partial charge in [-0.2, -0.15) is 26.3 Å². The topological polar surface area (TPSA) is 58.2 Å². The number of halogens is 10. The van der Waals surface area contributed by atoms with Gasteiger partial charge in [-0.25, -0.2) is 4.39 Å². The van der Waals surface area contributed by atoms with Crippen molar-refractivity contribution in [2.24, 2.45) is 5.92 Å². The van der Waals surface area contributed by atoms with Gasteiger partial charge in [0.1, 0.15) is 16.7 Å². The van der Waals surface area contributed by atoms with Crippen LogP contribution in [0.25, 0.3) is 0 Å². The van der Waals surface area contributed by atoms with Gasteiger partial charge in [-0.1, -0.05) is 17.7 Å². The van der Waals surface area contributed by atoms with E-state index >= 15 is 0 Å². The van der Waals surface area contributed by atoms with Crippen LogP contribution >= 0.6 is 34.8 Å². The van der Waals surface area contributed by atoms with Gasteiger partial charge in [-0.3, -0.25) is 9.59 Å². The number of hydrogen-bond acceptors (Lipinski definition) is 2. The van der Waals surface area contributed by atoms with Crippen LogP contribution in [0.2, 0.25) is 5.02 Å². The van der Waals surface area contributed by atoms with Crippen LogP contribution < -0.4 is 10.6 Å². The van der Waals surface area contributed by atoms with Crippen LogP contribution in [-0.2, 0) is 11.0 Å². The Labute approximate surface area is 208 Å². The zero-order valence-corrected chi connectivity index (χ0v) is 19.6. The number of carbonyl (C=O) groups is 2. The highest BCUT2D eigenvalue weighted by Gasteiger charge is 2.68. The average molecular weight is 566 g/mol. The first-order valence-electron chi connectivity index (χ1n) is 9.64. The van der Waals surface area contributed by atoms with Crippen LogP contribution in [0.4, 0.5) is 36.4 Å². The molecule has 1 fully saturated rings. The van der Waals surface area contributed by atoms with Crippen molar-refractivity contribution in [3.8, 4) is 0 Å². The molecular weight excluding hydrogens is 552 g/mol. The molecule has 35 heavy (non-hydrogen) atoms. The van der Waals surface area contributed by atoms with E-state index in [1.165, 1.54) is 6.07 Å². The monoisotopic (exact) mass is 564 g/mol. The molecule has 1 saturated carbocycles. The summed E-state index contributed by atoms with van der Waals surface area (Å²) in [7, 11) is 0. The van der Waals surface area contributed by atoms with Crippen molar-refractivity contribution < 1.29 is 40.3 Å². The molecule has 1 aliphatic carbocycles. The standard InChI is InChI=1S/C21H14Cl3F7N2O2/c1-8-4-9(5-12(16(8)25)21(29,30)31)14-15(20(14,23)24)18(35)33-10-2-3-13(22)11(6-10)17(34)32-7-19(26,27)28/h2-6,14-15H,7H2,1H3,(H,32,34)(H,33,35). The molecule has 2 amide bonds. The largest absolute Gasteiger partial charge is 0.419 e. The van der Waals surface area contributed by atoms with Crippen molar-refractivity contribution in [1.82, 2.24) is 5.32 Å². The molecule has 2 atom stereocenters. The Balaban J connectivity index is 1.82. The minimum Gasteiger partial charge on any atom is -0.343 e. The number of benzene rings is 2. The first kappa shape index (κ1) is 27.3. The lowest BCUT2D eigenvalue weighted by molar-refractivity contribution is -0.140. The third kappa shape index (κ3) is 5.95. The molecule has 190 valence electrons. The van der Waals surface area contributed by atoms with Gasteiger partial charge in [-0.05, 0) is 42.3 Å². The molecule has 3 rings (SSSR count). The fourth-order valence-electron chi connectivity index (χ4n) is 3.52. The molecule has 2 unspecified atom stereocenters. The van der Waals surface area contributed by atoms with Crippen LogP contribution in [0.15, 0.2) is 30.3 Å². The SMILES string of the molecule is Cc1cc(C2C(C(=O)Nc3ccc(Cl)c(C(=O)NCC(F)(F)F)c3)C2(Cl)Cl)cc(C(F)(F)F)c1F. The van der Waals surface area contributed by atoms with Gasteiger partial charge in [0.15, 0.2) is 0 Å². The zero-order valence-electron chi connectivity index (χ0n) is 17.3. The van der Waals surface area contributed by atoms with E-state index in [9.17, 15) is 40.3 Å². The molecule has 2 aromatic carbocycles. The average Bonchev–Trinajstić information content (AvgIpc) is 3.30. The van der Waals surface area contributed by atoms with Gasteiger partial charge in [0, 0.05) is 11.6 Å². The maximum absolute atomic E-state index is 14.0. The molecule has 2 N–H and O–H groups in total. The third-order valence-corrected chi connectivity index (χ3v) is 6.48. The lowest BCUT2D eigenvalue weighted by atomic mass is 10.0. The van der Waals surface area contributed by atoms with Crippen LogP contribution in [0.5, 0.6) is 0 Å². The maximum atomic E-state index is 14.0. The summed E-state index contributed by atoms with van der Waals surface area (Å²) in [5, 5.41) is 3.80. The Kier molecular flexibility index (Phi) is 7.29. The Morgan fingerprint density at radius 1 is 1.06 bits per heavy atom. The molecule has 14 heteroatoms. The first-order chi connectivity index (χ1) is 15.9. The summed E-state index contributed by atoms with van der Waals surface area (Å²) in [5.74, 6) is -5.84. The van der Waals surface area contributed by atoms with Gasteiger partial charge < -0.3 is 10.6 Å². The number of carbonyl (C=O) groups excluding carboxylic acids is 2. The summed E-state index contributed by atoms with van der Waals surface area (Å²) in [4.78, 5) is 24.8. The molecule has 2 aromatic rings. The van der Waals surface area contributed by atoms with Crippen molar-refractivity contribution in [2.45, 2.75) is 29.5 Å². The molecule has 0 bridgehead atoms. The molecule has 1 aliphatic rings.